The quantitative estimate of drug-likeness (QED) is 0.463. The second kappa shape index (κ2) is 8.17. The molecule has 1 heterocycles. The Morgan fingerprint density at radius 1 is 1.36 bits per heavy atom. The number of alkyl carbamates (subject to hydrolysis) is 1. The molecule has 22 heavy (non-hydrogen) atoms. The number of amides is 1. The zero-order chi connectivity index (χ0) is 15.8. The molecule has 1 saturated heterocycles. The Kier molecular flexibility index (Phi) is 6.24. The molecule has 0 radical (unpaired) electrons. The van der Waals surface area contributed by atoms with Crippen LogP contribution < -0.4 is 5.32 Å². The van der Waals surface area contributed by atoms with E-state index in [2.05, 4.69) is 11.9 Å². The summed E-state index contributed by atoms with van der Waals surface area (Å²) in [6.07, 6.45) is 7.20. The van der Waals surface area contributed by atoms with Gasteiger partial charge in [-0.05, 0) is 12.8 Å². The number of ether oxygens (including phenoxy) is 3. The van der Waals surface area contributed by atoms with Crippen molar-refractivity contribution in [2.45, 2.75) is 44.1 Å². The molecule has 6 nitrogen and oxygen atoms in total. The summed E-state index contributed by atoms with van der Waals surface area (Å²) >= 11 is 0. The fraction of sp³-hybridized carbons (Fsp3) is 0.750. The van der Waals surface area contributed by atoms with E-state index < -0.39 is 17.7 Å². The monoisotopic (exact) mass is 313 g/mol. The number of hydrogen-bond acceptors (Lipinski definition) is 5. The van der Waals surface area contributed by atoms with Gasteiger partial charge in [0, 0.05) is 19.8 Å². The molecule has 6 heteroatoms. The smallest absolute Gasteiger partial charge is 0.407 e. The Morgan fingerprint density at radius 2 is 2.14 bits per heavy atom. The van der Waals surface area contributed by atoms with Gasteiger partial charge in [0.05, 0.1) is 19.8 Å². The van der Waals surface area contributed by atoms with Crippen molar-refractivity contribution < 1.29 is 25.2 Å². The Balaban J connectivity index is 0.00000264. The maximum absolute atomic E-state index is 12.0. The van der Waals surface area contributed by atoms with E-state index >= 15 is 0 Å². The average Bonchev–Trinajstić information content (AvgIpc) is 3.02. The molecule has 1 atom stereocenters. The zero-order valence-corrected chi connectivity index (χ0v) is 13.0. The Bertz CT molecular complexity index is 403. The lowest BCUT2D eigenvalue weighted by Gasteiger charge is -2.37. The van der Waals surface area contributed by atoms with E-state index in [0.29, 0.717) is 19.1 Å². The minimum atomic E-state index is -0.502. The summed E-state index contributed by atoms with van der Waals surface area (Å²) < 4.78 is 16.0. The van der Waals surface area contributed by atoms with Gasteiger partial charge >= 0.3 is 12.1 Å². The highest BCUT2D eigenvalue weighted by molar-refractivity contribution is 5.81. The fourth-order valence-electron chi connectivity index (χ4n) is 3.26. The number of carbonyl (C=O) groups is 2. The molecule has 2 fully saturated rings. The summed E-state index contributed by atoms with van der Waals surface area (Å²) in [5, 5.41) is 2.62. The van der Waals surface area contributed by atoms with E-state index in [0.717, 1.165) is 25.3 Å². The van der Waals surface area contributed by atoms with E-state index in [9.17, 15) is 9.59 Å². The normalized spacial score (nSPS) is 25.5. The number of rotatable bonds is 6. The van der Waals surface area contributed by atoms with Gasteiger partial charge in [0.25, 0.3) is 0 Å². The average molecular weight is 313 g/mol. The van der Waals surface area contributed by atoms with E-state index in [-0.39, 0.29) is 14.6 Å². The maximum atomic E-state index is 12.0. The second-order valence-corrected chi connectivity index (χ2v) is 5.89. The molecule has 0 aromatic rings. The van der Waals surface area contributed by atoms with E-state index in [4.69, 9.17) is 14.2 Å². The first kappa shape index (κ1) is 16.8. The van der Waals surface area contributed by atoms with Crippen LogP contribution in [0.2, 0.25) is 0 Å². The second-order valence-electron chi connectivity index (χ2n) is 5.89. The third-order valence-electron chi connectivity index (χ3n) is 4.44. The molecule has 0 aromatic carbocycles. The molecule has 0 bridgehead atoms. The van der Waals surface area contributed by atoms with Crippen LogP contribution >= 0.6 is 0 Å². The highest BCUT2D eigenvalue weighted by Crippen LogP contribution is 2.40. The number of carbonyl (C=O) groups excluding carboxylic acids is 2. The van der Waals surface area contributed by atoms with Crippen molar-refractivity contribution in [3.05, 3.63) is 12.7 Å². The summed E-state index contributed by atoms with van der Waals surface area (Å²) in [5.41, 5.74) is -0.484. The fourth-order valence-corrected chi connectivity index (χ4v) is 3.26. The molecule has 1 amide bonds. The lowest BCUT2D eigenvalue weighted by Crippen LogP contribution is -2.47. The van der Waals surface area contributed by atoms with Crippen LogP contribution in [0.25, 0.3) is 0 Å². The van der Waals surface area contributed by atoms with Gasteiger partial charge in [-0.3, -0.25) is 0 Å². The standard InChI is InChI=1S/C16H25NO5.H2/c1-2-14(18)21-11-9-17-15(19)22-16(8-10-20-12-16)13-6-4-3-5-7-13;/h2,13H,1,3-12H2,(H,17,19);1H. The summed E-state index contributed by atoms with van der Waals surface area (Å²) in [6, 6.07) is 0. The molecule has 1 N–H and O–H groups in total. The van der Waals surface area contributed by atoms with E-state index in [1.807, 2.05) is 0 Å². The minimum absolute atomic E-state index is 0. The Hall–Kier alpha value is -1.56. The van der Waals surface area contributed by atoms with Crippen LogP contribution in [0.1, 0.15) is 40.0 Å². The first-order chi connectivity index (χ1) is 10.7. The van der Waals surface area contributed by atoms with Crippen molar-refractivity contribution >= 4 is 12.1 Å². The van der Waals surface area contributed by atoms with Gasteiger partial charge in [-0.1, -0.05) is 25.8 Å². The lowest BCUT2D eigenvalue weighted by molar-refractivity contribution is -0.137. The molecule has 1 unspecified atom stereocenters. The van der Waals surface area contributed by atoms with Crippen molar-refractivity contribution in [2.75, 3.05) is 26.4 Å². The van der Waals surface area contributed by atoms with Crippen LogP contribution in [-0.2, 0) is 19.0 Å². The van der Waals surface area contributed by atoms with Crippen molar-refractivity contribution in [3.63, 3.8) is 0 Å². The summed E-state index contributed by atoms with van der Waals surface area (Å²) in [7, 11) is 0. The molecule has 0 aromatic heterocycles. The minimum Gasteiger partial charge on any atom is -0.461 e. The lowest BCUT2D eigenvalue weighted by atomic mass is 9.76. The zero-order valence-electron chi connectivity index (χ0n) is 13.0. The molecule has 2 rings (SSSR count). The van der Waals surface area contributed by atoms with Crippen LogP contribution in [0.3, 0.4) is 0 Å². The van der Waals surface area contributed by atoms with Crippen molar-refractivity contribution in [3.8, 4) is 0 Å². The molecule has 1 aliphatic carbocycles. The molecule has 1 saturated carbocycles. The molecule has 1 aliphatic heterocycles. The van der Waals surface area contributed by atoms with Crippen molar-refractivity contribution in [2.24, 2.45) is 5.92 Å². The Morgan fingerprint density at radius 3 is 2.77 bits per heavy atom. The van der Waals surface area contributed by atoms with Gasteiger partial charge in [0.2, 0.25) is 0 Å². The van der Waals surface area contributed by atoms with Gasteiger partial charge in [0.15, 0.2) is 0 Å². The SMILES string of the molecule is C=CC(=O)OCCNC(=O)OC1(C2CCCCC2)CCOC1.[HH]. The molecule has 2 aliphatic rings. The number of nitrogens with one attached hydrogen (secondary N) is 1. The molecular weight excluding hydrogens is 286 g/mol. The highest BCUT2D eigenvalue weighted by Gasteiger charge is 2.46. The summed E-state index contributed by atoms with van der Waals surface area (Å²) in [4.78, 5) is 22.9. The number of esters is 1. The van der Waals surface area contributed by atoms with Gasteiger partial charge in [0.1, 0.15) is 12.2 Å². The largest absolute Gasteiger partial charge is 0.461 e. The summed E-state index contributed by atoms with van der Waals surface area (Å²) in [5.74, 6) is -0.119. The van der Waals surface area contributed by atoms with Gasteiger partial charge in [-0.25, -0.2) is 9.59 Å². The molecular formula is C16H27NO5. The third-order valence-corrected chi connectivity index (χ3v) is 4.44. The summed E-state index contributed by atoms with van der Waals surface area (Å²) in [6.45, 7) is 4.75. The van der Waals surface area contributed by atoms with Crippen LogP contribution in [0.5, 0.6) is 0 Å². The topological polar surface area (TPSA) is 73.9 Å². The van der Waals surface area contributed by atoms with E-state index in [1.54, 1.807) is 0 Å². The van der Waals surface area contributed by atoms with Gasteiger partial charge < -0.3 is 19.5 Å². The highest BCUT2D eigenvalue weighted by atomic mass is 16.6. The van der Waals surface area contributed by atoms with Gasteiger partial charge in [-0.2, -0.15) is 0 Å². The Labute approximate surface area is 132 Å². The number of hydrogen-bond donors (Lipinski definition) is 1. The first-order valence-electron chi connectivity index (χ1n) is 8.00. The maximum Gasteiger partial charge on any atom is 0.407 e. The van der Waals surface area contributed by atoms with Crippen LogP contribution in [0.15, 0.2) is 12.7 Å². The van der Waals surface area contributed by atoms with Crippen LogP contribution in [-0.4, -0.2) is 44.0 Å². The van der Waals surface area contributed by atoms with Crippen LogP contribution in [0.4, 0.5) is 4.79 Å². The molecule has 126 valence electrons. The predicted octanol–water partition coefficient (Wildman–Crippen LogP) is 2.43. The third kappa shape index (κ3) is 4.47. The first-order valence-corrected chi connectivity index (χ1v) is 8.00. The molecule has 0 spiro atoms. The van der Waals surface area contributed by atoms with Crippen molar-refractivity contribution in [1.82, 2.24) is 5.32 Å². The predicted molar refractivity (Wildman–Crippen MR) is 82.5 cm³/mol. The van der Waals surface area contributed by atoms with Gasteiger partial charge in [-0.15, -0.1) is 0 Å². The van der Waals surface area contributed by atoms with Crippen LogP contribution in [0, 0.1) is 5.92 Å². The van der Waals surface area contributed by atoms with Crippen molar-refractivity contribution in [1.29, 1.82) is 0 Å². The van der Waals surface area contributed by atoms with E-state index in [1.165, 1.54) is 19.3 Å².